The average molecular weight is 303 g/mol. The average Bonchev–Trinajstić information content (AvgIpc) is 2.00. The van der Waals surface area contributed by atoms with E-state index in [1.54, 1.807) is 0 Å². The summed E-state index contributed by atoms with van der Waals surface area (Å²) in [6.45, 7) is 0. The fourth-order valence-corrected chi connectivity index (χ4v) is 0.278. The first-order valence-electron chi connectivity index (χ1n) is 2.59. The molecule has 0 saturated carbocycles. The molecule has 0 aliphatic carbocycles. The van der Waals surface area contributed by atoms with E-state index in [0.717, 1.165) is 0 Å². The predicted octanol–water partition coefficient (Wildman–Crippen LogP) is 3.16. The van der Waals surface area contributed by atoms with E-state index < -0.39 is 19.5 Å². The van der Waals surface area contributed by atoms with E-state index in [0.29, 0.717) is 0 Å². The quantitative estimate of drug-likeness (QED) is 0.560. The van der Waals surface area contributed by atoms with Gasteiger partial charge in [0.2, 0.25) is 0 Å². The molecule has 0 bridgehead atoms. The van der Waals surface area contributed by atoms with Gasteiger partial charge in [0.15, 0.2) is 0 Å². The van der Waals surface area contributed by atoms with Crippen molar-refractivity contribution in [2.24, 2.45) is 0 Å². The van der Waals surface area contributed by atoms with Gasteiger partial charge in [-0.1, -0.05) is 0 Å². The largest absolute Gasteiger partial charge is 0.368 e. The van der Waals surface area contributed by atoms with Gasteiger partial charge in [0.05, 0.1) is 0 Å². The molecule has 1 rings (SSSR count). The van der Waals surface area contributed by atoms with Crippen molar-refractivity contribution in [2.45, 2.75) is 0 Å². The first-order chi connectivity index (χ1) is 4.95. The zero-order valence-corrected chi connectivity index (χ0v) is 8.08. The zero-order chi connectivity index (χ0) is 9.94. The molecule has 0 unspecified atom stereocenters. The van der Waals surface area contributed by atoms with Crippen LogP contribution in [0.5, 0.6) is 0 Å². The van der Waals surface area contributed by atoms with Crippen molar-refractivity contribution in [3.8, 4) is 0 Å². The Morgan fingerprint density at radius 2 is 1.00 bits per heavy atom. The number of aromatic amines is 1. The third-order valence-corrected chi connectivity index (χ3v) is 0.496. The summed E-state index contributed by atoms with van der Waals surface area (Å²) >= 11 is -11.2. The van der Waals surface area contributed by atoms with Gasteiger partial charge in [0, 0.05) is 12.4 Å². The minimum absolute atomic E-state index is 1.88. The Labute approximate surface area is 66.3 Å². The summed E-state index contributed by atoms with van der Waals surface area (Å²) in [5, 5.41) is 0. The van der Waals surface area contributed by atoms with Gasteiger partial charge in [-0.25, -0.2) is 0 Å². The van der Waals surface area contributed by atoms with Crippen LogP contribution < -0.4 is 0 Å². The van der Waals surface area contributed by atoms with E-state index in [1.165, 1.54) is 0 Å². The SMILES string of the molecule is [F][Sb-]([F])([F])([F])([F])[F].c1cc[nH]c1. The van der Waals surface area contributed by atoms with E-state index >= 15 is 0 Å². The molecule has 8 heteroatoms. The van der Waals surface area contributed by atoms with Crippen LogP contribution in [-0.2, 0) is 0 Å². The van der Waals surface area contributed by atoms with Crippen LogP contribution in [-0.4, -0.2) is 24.5 Å². The van der Waals surface area contributed by atoms with Gasteiger partial charge in [-0.3, -0.25) is 0 Å². The molecular formula is C4H5F6NSb-. The molecule has 0 aliphatic heterocycles. The number of H-pyrrole nitrogens is 1. The summed E-state index contributed by atoms with van der Waals surface area (Å²) in [5.74, 6) is 0. The Bertz CT molecular complexity index is 191. The number of aromatic nitrogens is 1. The minimum Gasteiger partial charge on any atom is -0.368 e. The minimum atomic E-state index is -11.2. The molecule has 0 aromatic carbocycles. The smallest absolute Gasteiger partial charge is 0.000496 e. The van der Waals surface area contributed by atoms with Gasteiger partial charge in [-0.2, -0.15) is 0 Å². The summed E-state index contributed by atoms with van der Waals surface area (Å²) in [7, 11) is 0. The molecule has 1 aromatic rings. The van der Waals surface area contributed by atoms with Crippen molar-refractivity contribution in [1.82, 2.24) is 4.98 Å². The van der Waals surface area contributed by atoms with Crippen LogP contribution in [0.2, 0.25) is 0 Å². The fourth-order valence-electron chi connectivity index (χ4n) is 0.278. The van der Waals surface area contributed by atoms with Crippen molar-refractivity contribution in [1.29, 1.82) is 0 Å². The topological polar surface area (TPSA) is 15.8 Å². The molecule has 0 fully saturated rings. The molecule has 12 heavy (non-hydrogen) atoms. The van der Waals surface area contributed by atoms with Crippen LogP contribution in [0.15, 0.2) is 24.5 Å². The molecule has 0 amide bonds. The predicted molar refractivity (Wildman–Crippen MR) is 33.2 cm³/mol. The van der Waals surface area contributed by atoms with Crippen molar-refractivity contribution in [2.75, 3.05) is 0 Å². The van der Waals surface area contributed by atoms with Gasteiger partial charge < -0.3 is 4.98 Å². The normalized spacial score (nSPS) is 16.8. The standard InChI is InChI=1S/C4H5N.6FH.Sb/c1-2-4-5-3-1;;;;;;;/h1-5H;6*1H;/q;;;;;;;+5/p-6. The van der Waals surface area contributed by atoms with E-state index in [1.807, 2.05) is 24.5 Å². The summed E-state index contributed by atoms with van der Waals surface area (Å²) in [6.07, 6.45) is 3.75. The second-order valence-corrected chi connectivity index (χ2v) is 7.31. The van der Waals surface area contributed by atoms with E-state index in [-0.39, 0.29) is 0 Å². The van der Waals surface area contributed by atoms with Crippen LogP contribution in [0.25, 0.3) is 0 Å². The van der Waals surface area contributed by atoms with Crippen molar-refractivity contribution in [3.05, 3.63) is 24.5 Å². The molecular weight excluding hydrogens is 298 g/mol. The summed E-state index contributed by atoms with van der Waals surface area (Å²) in [6, 6.07) is 3.89. The summed E-state index contributed by atoms with van der Waals surface area (Å²) < 4.78 is 59.6. The first kappa shape index (κ1) is 11.7. The first-order valence-corrected chi connectivity index (χ1v) is 8.38. The van der Waals surface area contributed by atoms with Crippen molar-refractivity contribution < 1.29 is 16.9 Å². The van der Waals surface area contributed by atoms with Crippen molar-refractivity contribution in [3.63, 3.8) is 0 Å². The van der Waals surface area contributed by atoms with Crippen LogP contribution in [0.4, 0.5) is 16.9 Å². The molecule has 0 aliphatic rings. The molecule has 74 valence electrons. The van der Waals surface area contributed by atoms with E-state index in [2.05, 4.69) is 4.98 Å². The molecule has 0 spiro atoms. The zero-order valence-electron chi connectivity index (χ0n) is 5.52. The number of hydrogen-bond donors (Lipinski definition) is 1. The molecule has 1 aromatic heterocycles. The third kappa shape index (κ3) is 33.3. The Balaban J connectivity index is 0.000000211. The summed E-state index contributed by atoms with van der Waals surface area (Å²) in [4.78, 5) is 2.86. The van der Waals surface area contributed by atoms with Crippen LogP contribution >= 0.6 is 0 Å². The monoisotopic (exact) mass is 302 g/mol. The fraction of sp³-hybridized carbons (Fsp3) is 0. The van der Waals surface area contributed by atoms with E-state index in [9.17, 15) is 16.9 Å². The second-order valence-electron chi connectivity index (χ2n) is 1.84. The van der Waals surface area contributed by atoms with Gasteiger partial charge in [-0.15, -0.1) is 0 Å². The van der Waals surface area contributed by atoms with Gasteiger partial charge in [-0.05, 0) is 12.1 Å². The molecule has 1 N–H and O–H groups in total. The molecule has 0 radical (unpaired) electrons. The Morgan fingerprint density at radius 3 is 1.08 bits per heavy atom. The Kier molecular flexibility index (Phi) is 2.51. The van der Waals surface area contributed by atoms with Crippen LogP contribution in [0.1, 0.15) is 0 Å². The summed E-state index contributed by atoms with van der Waals surface area (Å²) in [5.41, 5.74) is 0. The van der Waals surface area contributed by atoms with E-state index in [4.69, 9.17) is 0 Å². The molecule has 1 heterocycles. The van der Waals surface area contributed by atoms with Crippen LogP contribution in [0, 0.1) is 0 Å². The van der Waals surface area contributed by atoms with Gasteiger partial charge in [0.1, 0.15) is 0 Å². The molecule has 1 nitrogen and oxygen atoms in total. The number of nitrogens with one attached hydrogen (secondary N) is 1. The van der Waals surface area contributed by atoms with Crippen LogP contribution in [0.3, 0.4) is 0 Å². The second kappa shape index (κ2) is 2.58. The number of hydrogen-bond acceptors (Lipinski definition) is 0. The Hall–Kier alpha value is -0.322. The maximum atomic E-state index is 9.93. The maximum Gasteiger partial charge on any atom is 0.000496 e. The van der Waals surface area contributed by atoms with Gasteiger partial charge >= 0.3 is 36.4 Å². The number of rotatable bonds is 0. The third-order valence-electron chi connectivity index (χ3n) is 0.496. The van der Waals surface area contributed by atoms with Gasteiger partial charge in [0.25, 0.3) is 0 Å². The van der Waals surface area contributed by atoms with Crippen molar-refractivity contribution >= 4 is 19.5 Å². The molecule has 0 atom stereocenters. The Morgan fingerprint density at radius 1 is 0.750 bits per heavy atom. The molecule has 0 saturated heterocycles. The maximum absolute atomic E-state index is 11.2. The number of halogens is 6.